The summed E-state index contributed by atoms with van der Waals surface area (Å²) in [4.78, 5) is 16.9. The van der Waals surface area contributed by atoms with Crippen molar-refractivity contribution in [2.75, 3.05) is 0 Å². The first-order valence-corrected chi connectivity index (χ1v) is 6.83. The van der Waals surface area contributed by atoms with Gasteiger partial charge in [-0.05, 0) is 33.8 Å². The third-order valence-corrected chi connectivity index (χ3v) is 3.99. The van der Waals surface area contributed by atoms with Crippen LogP contribution in [-0.4, -0.2) is 38.3 Å². The van der Waals surface area contributed by atoms with Crippen LogP contribution in [-0.2, 0) is 9.31 Å². The average molecular weight is 284 g/mol. The minimum atomic E-state index is -0.524. The molecule has 2 aromatic heterocycles. The second kappa shape index (κ2) is 4.86. The number of hydrogen-bond donors (Lipinski definition) is 0. The van der Waals surface area contributed by atoms with Gasteiger partial charge in [-0.2, -0.15) is 0 Å². The summed E-state index contributed by atoms with van der Waals surface area (Å²) in [6.07, 6.45) is 6.48. The lowest BCUT2D eigenvalue weighted by molar-refractivity contribution is 0.00578. The Morgan fingerprint density at radius 1 is 0.952 bits per heavy atom. The summed E-state index contributed by atoms with van der Waals surface area (Å²) >= 11 is 0. The van der Waals surface area contributed by atoms with E-state index in [1.807, 2.05) is 27.7 Å². The fourth-order valence-corrected chi connectivity index (χ4v) is 2.02. The third-order valence-electron chi connectivity index (χ3n) is 3.99. The SMILES string of the molecule is CC1(C)OB(c2cncc(-c3ccncn3)n2)OC1(C)C. The van der Waals surface area contributed by atoms with Gasteiger partial charge in [0.15, 0.2) is 0 Å². The van der Waals surface area contributed by atoms with Gasteiger partial charge in [-0.3, -0.25) is 9.97 Å². The lowest BCUT2D eigenvalue weighted by atomic mass is 9.85. The van der Waals surface area contributed by atoms with Crippen LogP contribution in [0.15, 0.2) is 31.0 Å². The molecule has 1 fully saturated rings. The molecular formula is C14H17BN4O2. The van der Waals surface area contributed by atoms with E-state index in [4.69, 9.17) is 9.31 Å². The molecule has 0 radical (unpaired) electrons. The number of hydrogen-bond acceptors (Lipinski definition) is 6. The van der Waals surface area contributed by atoms with Crippen LogP contribution in [0.4, 0.5) is 0 Å². The zero-order chi connectivity index (χ0) is 15.1. The monoisotopic (exact) mass is 284 g/mol. The average Bonchev–Trinajstić information content (AvgIpc) is 2.69. The standard InChI is InChI=1S/C14H17BN4O2/c1-13(2)14(3,4)21-15(20-13)12-8-17-7-11(19-12)10-5-6-16-9-18-10/h5-9H,1-4H3. The first kappa shape index (κ1) is 14.1. The first-order valence-electron chi connectivity index (χ1n) is 6.83. The summed E-state index contributed by atoms with van der Waals surface area (Å²) in [6, 6.07) is 1.79. The molecule has 0 amide bonds. The van der Waals surface area contributed by atoms with Crippen molar-refractivity contribution in [2.24, 2.45) is 0 Å². The van der Waals surface area contributed by atoms with E-state index in [0.29, 0.717) is 11.3 Å². The van der Waals surface area contributed by atoms with Crippen molar-refractivity contribution < 1.29 is 9.31 Å². The van der Waals surface area contributed by atoms with E-state index >= 15 is 0 Å². The number of rotatable bonds is 2. The highest BCUT2D eigenvalue weighted by atomic mass is 16.7. The zero-order valence-corrected chi connectivity index (χ0v) is 12.6. The molecule has 0 saturated carbocycles. The Kier molecular flexibility index (Phi) is 3.26. The van der Waals surface area contributed by atoms with Crippen molar-refractivity contribution in [1.29, 1.82) is 0 Å². The molecule has 1 saturated heterocycles. The molecule has 0 bridgehead atoms. The number of nitrogens with zero attached hydrogens (tertiary/aromatic N) is 4. The van der Waals surface area contributed by atoms with Crippen LogP contribution in [0.3, 0.4) is 0 Å². The second-order valence-electron chi connectivity index (χ2n) is 6.01. The summed E-state index contributed by atoms with van der Waals surface area (Å²) < 4.78 is 12.0. The van der Waals surface area contributed by atoms with E-state index in [9.17, 15) is 0 Å². The van der Waals surface area contributed by atoms with Crippen LogP contribution < -0.4 is 5.59 Å². The Morgan fingerprint density at radius 2 is 1.67 bits per heavy atom. The van der Waals surface area contributed by atoms with Gasteiger partial charge < -0.3 is 9.31 Å². The Labute approximate surface area is 124 Å². The molecule has 3 heterocycles. The molecule has 0 aliphatic carbocycles. The van der Waals surface area contributed by atoms with Gasteiger partial charge in [0.1, 0.15) is 12.0 Å². The highest BCUT2D eigenvalue weighted by Crippen LogP contribution is 2.36. The van der Waals surface area contributed by atoms with Crippen LogP contribution in [0, 0.1) is 0 Å². The summed E-state index contributed by atoms with van der Waals surface area (Å²) in [7, 11) is -0.524. The predicted octanol–water partition coefficient (Wildman–Crippen LogP) is 1.23. The molecule has 0 unspecified atom stereocenters. The Morgan fingerprint density at radius 3 is 2.29 bits per heavy atom. The molecule has 21 heavy (non-hydrogen) atoms. The number of aromatic nitrogens is 4. The van der Waals surface area contributed by atoms with Crippen molar-refractivity contribution in [3.63, 3.8) is 0 Å². The molecule has 3 rings (SSSR count). The Hall–Kier alpha value is -1.86. The van der Waals surface area contributed by atoms with Gasteiger partial charge >= 0.3 is 7.12 Å². The molecule has 2 aromatic rings. The largest absolute Gasteiger partial charge is 0.516 e. The molecule has 0 spiro atoms. The van der Waals surface area contributed by atoms with E-state index in [0.717, 1.165) is 5.69 Å². The molecule has 6 nitrogen and oxygen atoms in total. The maximum absolute atomic E-state index is 5.98. The van der Waals surface area contributed by atoms with Crippen molar-refractivity contribution in [1.82, 2.24) is 19.9 Å². The van der Waals surface area contributed by atoms with Crippen molar-refractivity contribution in [3.05, 3.63) is 31.0 Å². The summed E-state index contributed by atoms with van der Waals surface area (Å²) in [5.41, 5.74) is 1.24. The molecule has 1 aliphatic rings. The summed E-state index contributed by atoms with van der Waals surface area (Å²) in [5, 5.41) is 0. The minimum Gasteiger partial charge on any atom is -0.398 e. The van der Waals surface area contributed by atoms with Gasteiger partial charge in [-0.25, -0.2) is 9.97 Å². The molecule has 7 heteroatoms. The van der Waals surface area contributed by atoms with E-state index in [1.54, 1.807) is 24.7 Å². The first-order chi connectivity index (χ1) is 9.89. The Balaban J connectivity index is 1.92. The highest BCUT2D eigenvalue weighted by Gasteiger charge is 2.52. The zero-order valence-electron chi connectivity index (χ0n) is 12.6. The van der Waals surface area contributed by atoms with Crippen LogP contribution in [0.1, 0.15) is 27.7 Å². The molecule has 108 valence electrons. The van der Waals surface area contributed by atoms with Gasteiger partial charge in [-0.1, -0.05) is 0 Å². The molecule has 1 aliphatic heterocycles. The van der Waals surface area contributed by atoms with Crippen LogP contribution >= 0.6 is 0 Å². The molecule has 0 aromatic carbocycles. The highest BCUT2D eigenvalue weighted by molar-refractivity contribution is 6.61. The predicted molar refractivity (Wildman–Crippen MR) is 78.8 cm³/mol. The van der Waals surface area contributed by atoms with Crippen molar-refractivity contribution in [2.45, 2.75) is 38.9 Å². The van der Waals surface area contributed by atoms with Crippen LogP contribution in [0.25, 0.3) is 11.4 Å². The smallest absolute Gasteiger partial charge is 0.398 e. The lowest BCUT2D eigenvalue weighted by Gasteiger charge is -2.32. The van der Waals surface area contributed by atoms with Gasteiger partial charge in [0.2, 0.25) is 0 Å². The molecule has 0 N–H and O–H groups in total. The second-order valence-corrected chi connectivity index (χ2v) is 6.01. The minimum absolute atomic E-state index is 0.399. The fraction of sp³-hybridized carbons (Fsp3) is 0.429. The van der Waals surface area contributed by atoms with Crippen LogP contribution in [0.2, 0.25) is 0 Å². The summed E-state index contributed by atoms with van der Waals surface area (Å²) in [5.74, 6) is 0. The maximum Gasteiger partial charge on any atom is 0.516 e. The van der Waals surface area contributed by atoms with E-state index in [2.05, 4.69) is 19.9 Å². The Bertz CT molecular complexity index is 632. The van der Waals surface area contributed by atoms with Gasteiger partial charge in [-0.15, -0.1) is 0 Å². The van der Waals surface area contributed by atoms with Gasteiger partial charge in [0.05, 0.1) is 28.7 Å². The third kappa shape index (κ3) is 2.54. The summed E-state index contributed by atoms with van der Waals surface area (Å²) in [6.45, 7) is 8.03. The fourth-order valence-electron chi connectivity index (χ4n) is 2.02. The van der Waals surface area contributed by atoms with E-state index in [1.165, 1.54) is 6.33 Å². The van der Waals surface area contributed by atoms with E-state index in [-0.39, 0.29) is 0 Å². The molecule has 0 atom stereocenters. The van der Waals surface area contributed by atoms with Gasteiger partial charge in [0.25, 0.3) is 0 Å². The van der Waals surface area contributed by atoms with Crippen LogP contribution in [0.5, 0.6) is 0 Å². The van der Waals surface area contributed by atoms with Gasteiger partial charge in [0, 0.05) is 12.4 Å². The topological polar surface area (TPSA) is 70.0 Å². The lowest BCUT2D eigenvalue weighted by Crippen LogP contribution is -2.41. The normalized spacial score (nSPS) is 19.7. The van der Waals surface area contributed by atoms with Crippen molar-refractivity contribution >= 4 is 12.7 Å². The van der Waals surface area contributed by atoms with Crippen molar-refractivity contribution in [3.8, 4) is 11.4 Å². The quantitative estimate of drug-likeness (QED) is 0.773. The maximum atomic E-state index is 5.98. The van der Waals surface area contributed by atoms with E-state index < -0.39 is 18.3 Å². The molecular weight excluding hydrogens is 267 g/mol.